The molecule has 2 aromatic carbocycles. The number of rotatable bonds is 5. The van der Waals surface area contributed by atoms with Gasteiger partial charge in [-0.05, 0) is 51.2 Å². The van der Waals surface area contributed by atoms with Gasteiger partial charge in [0, 0.05) is 10.6 Å². The molecule has 2 rings (SSSR count). The molecule has 0 fully saturated rings. The van der Waals surface area contributed by atoms with Gasteiger partial charge in [-0.15, -0.1) is 0 Å². The minimum atomic E-state index is -0.453. The van der Waals surface area contributed by atoms with Crippen molar-refractivity contribution in [3.05, 3.63) is 56.0 Å². The van der Waals surface area contributed by atoms with Gasteiger partial charge in [0.15, 0.2) is 6.61 Å². The highest BCUT2D eigenvalue weighted by Gasteiger charge is 2.15. The Balaban J connectivity index is 1.94. The first-order chi connectivity index (χ1) is 12.6. The van der Waals surface area contributed by atoms with Crippen LogP contribution in [0, 0.1) is 0 Å². The summed E-state index contributed by atoms with van der Waals surface area (Å²) in [6, 6.07) is 8.62. The number of aromatic hydroxyl groups is 1. The number of hydrogen-bond donors (Lipinski definition) is 2. The fourth-order valence-corrected chi connectivity index (χ4v) is 3.12. The summed E-state index contributed by atoms with van der Waals surface area (Å²) in [5.41, 5.74) is 3.77. The SMILES string of the molecule is CC(C)(C)c1ccc(OCC(=O)N/N=C/c2cc(Cl)cc(Cl)c2O)c(Br)c1. The zero-order valence-corrected chi connectivity index (χ0v) is 18.1. The Morgan fingerprint density at radius 2 is 2.00 bits per heavy atom. The molecule has 27 heavy (non-hydrogen) atoms. The van der Waals surface area contributed by atoms with Crippen molar-refractivity contribution in [1.82, 2.24) is 5.43 Å². The molecule has 144 valence electrons. The molecule has 0 heterocycles. The Kier molecular flexibility index (Phi) is 7.14. The van der Waals surface area contributed by atoms with E-state index in [4.69, 9.17) is 27.9 Å². The standard InChI is InChI=1S/C19H19BrCl2N2O3/c1-19(2,3)12-4-5-16(14(20)7-12)27-10-17(25)24-23-9-11-6-13(21)8-15(22)18(11)26/h4-9,26H,10H2,1-3H3,(H,24,25)/b23-9+. The van der Waals surface area contributed by atoms with Gasteiger partial charge in [0.2, 0.25) is 0 Å². The Labute approximate surface area is 176 Å². The monoisotopic (exact) mass is 472 g/mol. The number of phenolic OH excluding ortho intramolecular Hbond substituents is 1. The Morgan fingerprint density at radius 1 is 1.30 bits per heavy atom. The summed E-state index contributed by atoms with van der Waals surface area (Å²) in [5, 5.41) is 14.0. The molecule has 2 aromatic rings. The van der Waals surface area contributed by atoms with Crippen LogP contribution in [0.2, 0.25) is 10.0 Å². The second-order valence-corrected chi connectivity index (χ2v) is 8.50. The van der Waals surface area contributed by atoms with E-state index >= 15 is 0 Å². The van der Waals surface area contributed by atoms with Crippen LogP contribution in [0.3, 0.4) is 0 Å². The van der Waals surface area contributed by atoms with Crippen molar-refractivity contribution < 1.29 is 14.6 Å². The molecule has 8 heteroatoms. The van der Waals surface area contributed by atoms with E-state index in [9.17, 15) is 9.90 Å². The van der Waals surface area contributed by atoms with Crippen LogP contribution < -0.4 is 10.2 Å². The first-order valence-corrected chi connectivity index (χ1v) is 9.55. The molecular weight excluding hydrogens is 455 g/mol. The van der Waals surface area contributed by atoms with Gasteiger partial charge in [-0.25, -0.2) is 5.43 Å². The van der Waals surface area contributed by atoms with Gasteiger partial charge >= 0.3 is 0 Å². The van der Waals surface area contributed by atoms with E-state index in [0.29, 0.717) is 10.8 Å². The minimum absolute atomic E-state index is 0.0158. The van der Waals surface area contributed by atoms with Crippen LogP contribution in [0.5, 0.6) is 11.5 Å². The lowest BCUT2D eigenvalue weighted by Crippen LogP contribution is -2.24. The smallest absolute Gasteiger partial charge is 0.277 e. The van der Waals surface area contributed by atoms with Gasteiger partial charge in [0.05, 0.1) is 15.7 Å². The number of hydrogen-bond acceptors (Lipinski definition) is 4. The molecule has 0 saturated heterocycles. The number of hydrazone groups is 1. The molecule has 0 bridgehead atoms. The van der Waals surface area contributed by atoms with Gasteiger partial charge in [0.25, 0.3) is 5.91 Å². The predicted molar refractivity (Wildman–Crippen MR) is 112 cm³/mol. The molecule has 0 spiro atoms. The largest absolute Gasteiger partial charge is 0.506 e. The minimum Gasteiger partial charge on any atom is -0.506 e. The van der Waals surface area contributed by atoms with Crippen molar-refractivity contribution >= 4 is 51.3 Å². The van der Waals surface area contributed by atoms with Crippen LogP contribution in [-0.4, -0.2) is 23.8 Å². The van der Waals surface area contributed by atoms with E-state index in [-0.39, 0.29) is 28.4 Å². The van der Waals surface area contributed by atoms with Gasteiger partial charge in [-0.3, -0.25) is 4.79 Å². The summed E-state index contributed by atoms with van der Waals surface area (Å²) in [6.07, 6.45) is 1.25. The van der Waals surface area contributed by atoms with E-state index < -0.39 is 5.91 Å². The maximum atomic E-state index is 11.9. The third-order valence-electron chi connectivity index (χ3n) is 3.61. The molecule has 1 amide bonds. The zero-order valence-electron chi connectivity index (χ0n) is 15.0. The lowest BCUT2D eigenvalue weighted by Gasteiger charge is -2.20. The van der Waals surface area contributed by atoms with Gasteiger partial charge in [-0.1, -0.05) is 50.0 Å². The molecule has 0 aromatic heterocycles. The van der Waals surface area contributed by atoms with E-state index in [1.165, 1.54) is 18.3 Å². The Bertz CT molecular complexity index is 880. The van der Waals surface area contributed by atoms with Crippen LogP contribution in [0.25, 0.3) is 0 Å². The lowest BCUT2D eigenvalue weighted by molar-refractivity contribution is -0.123. The van der Waals surface area contributed by atoms with Crippen molar-refractivity contribution in [3.63, 3.8) is 0 Å². The molecule has 0 aliphatic carbocycles. The Hall–Kier alpha value is -1.76. The third-order valence-corrected chi connectivity index (χ3v) is 4.73. The van der Waals surface area contributed by atoms with E-state index in [1.54, 1.807) is 0 Å². The number of carbonyl (C=O) groups is 1. The van der Waals surface area contributed by atoms with Crippen LogP contribution >= 0.6 is 39.1 Å². The zero-order chi connectivity index (χ0) is 20.2. The van der Waals surface area contributed by atoms with Crippen molar-refractivity contribution in [2.24, 2.45) is 5.10 Å². The number of carbonyl (C=O) groups excluding carboxylic acids is 1. The van der Waals surface area contributed by atoms with Crippen LogP contribution in [-0.2, 0) is 10.2 Å². The van der Waals surface area contributed by atoms with Crippen molar-refractivity contribution in [2.45, 2.75) is 26.2 Å². The summed E-state index contributed by atoms with van der Waals surface area (Å²) in [7, 11) is 0. The normalized spacial score (nSPS) is 11.6. The highest BCUT2D eigenvalue weighted by molar-refractivity contribution is 9.10. The molecular formula is C19H19BrCl2N2O3. The molecule has 0 saturated carbocycles. The molecule has 0 atom stereocenters. The number of nitrogens with zero attached hydrogens (tertiary/aromatic N) is 1. The number of ether oxygens (including phenoxy) is 1. The summed E-state index contributed by atoms with van der Waals surface area (Å²) in [5.74, 6) is -0.0646. The average molecular weight is 474 g/mol. The summed E-state index contributed by atoms with van der Waals surface area (Å²) in [4.78, 5) is 11.9. The van der Waals surface area contributed by atoms with E-state index in [2.05, 4.69) is 47.2 Å². The molecule has 2 N–H and O–H groups in total. The quantitative estimate of drug-likeness (QED) is 0.457. The second kappa shape index (κ2) is 8.95. The van der Waals surface area contributed by atoms with Gasteiger partial charge < -0.3 is 9.84 Å². The molecule has 5 nitrogen and oxygen atoms in total. The van der Waals surface area contributed by atoms with Gasteiger partial charge in [-0.2, -0.15) is 5.10 Å². The fourth-order valence-electron chi connectivity index (χ4n) is 2.12. The lowest BCUT2D eigenvalue weighted by atomic mass is 9.87. The summed E-state index contributed by atoms with van der Waals surface area (Å²) >= 11 is 15.1. The van der Waals surface area contributed by atoms with Crippen LogP contribution in [0.15, 0.2) is 39.9 Å². The van der Waals surface area contributed by atoms with E-state index in [1.807, 2.05) is 18.2 Å². The summed E-state index contributed by atoms with van der Waals surface area (Å²) in [6.45, 7) is 6.13. The second-order valence-electron chi connectivity index (χ2n) is 6.80. The highest BCUT2D eigenvalue weighted by atomic mass is 79.9. The van der Waals surface area contributed by atoms with Gasteiger partial charge in [0.1, 0.15) is 11.5 Å². The topological polar surface area (TPSA) is 70.9 Å². The molecule has 0 aliphatic rings. The number of nitrogens with one attached hydrogen (secondary N) is 1. The average Bonchev–Trinajstić information content (AvgIpc) is 2.57. The first-order valence-electron chi connectivity index (χ1n) is 8.00. The van der Waals surface area contributed by atoms with E-state index in [0.717, 1.165) is 10.0 Å². The number of amides is 1. The first kappa shape index (κ1) is 21.5. The molecule has 0 unspecified atom stereocenters. The maximum absolute atomic E-state index is 11.9. The highest BCUT2D eigenvalue weighted by Crippen LogP contribution is 2.31. The Morgan fingerprint density at radius 3 is 2.63 bits per heavy atom. The fraction of sp³-hybridized carbons (Fsp3) is 0.263. The maximum Gasteiger partial charge on any atom is 0.277 e. The predicted octanol–water partition coefficient (Wildman–Crippen LogP) is 5.29. The van der Waals surface area contributed by atoms with Crippen LogP contribution in [0.1, 0.15) is 31.9 Å². The van der Waals surface area contributed by atoms with Crippen molar-refractivity contribution in [1.29, 1.82) is 0 Å². The number of halogens is 3. The van der Waals surface area contributed by atoms with Crippen molar-refractivity contribution in [3.8, 4) is 11.5 Å². The molecule has 0 aliphatic heterocycles. The molecule has 0 radical (unpaired) electrons. The summed E-state index contributed by atoms with van der Waals surface area (Å²) < 4.78 is 6.27. The number of benzene rings is 2. The van der Waals surface area contributed by atoms with Crippen molar-refractivity contribution in [2.75, 3.05) is 6.61 Å². The number of phenols is 1. The van der Waals surface area contributed by atoms with Crippen LogP contribution in [0.4, 0.5) is 0 Å². The third kappa shape index (κ3) is 6.13.